The monoisotopic (exact) mass is 492 g/mol. The molecule has 1 fully saturated rings. The largest absolute Gasteiger partial charge is 0.352 e. The van der Waals surface area contributed by atoms with Gasteiger partial charge in [-0.25, -0.2) is 22.5 Å². The Morgan fingerprint density at radius 2 is 1.89 bits per heavy atom. The number of aryl methyl sites for hydroxylation is 1. The number of rotatable bonds is 6. The van der Waals surface area contributed by atoms with Gasteiger partial charge in [0.15, 0.2) is 15.5 Å². The van der Waals surface area contributed by atoms with E-state index >= 15 is 0 Å². The number of halogens is 1. The Kier molecular flexibility index (Phi) is 6.10. The SMILES string of the molecule is Cc1nn([C@H]2CCS(=O)(=O)C2)c2nc(-c3ccccc3)cc(C(=O)NCCc3ccc(F)cc3)c12. The van der Waals surface area contributed by atoms with Crippen LogP contribution in [0.5, 0.6) is 0 Å². The molecule has 3 heterocycles. The molecule has 0 saturated carbocycles. The summed E-state index contributed by atoms with van der Waals surface area (Å²) in [5.41, 5.74) is 3.96. The smallest absolute Gasteiger partial charge is 0.252 e. The summed E-state index contributed by atoms with van der Waals surface area (Å²) in [6.07, 6.45) is 1.03. The first kappa shape index (κ1) is 23.2. The lowest BCUT2D eigenvalue weighted by Crippen LogP contribution is -2.26. The molecule has 0 spiro atoms. The minimum Gasteiger partial charge on any atom is -0.352 e. The number of hydrogen-bond donors (Lipinski definition) is 1. The van der Waals surface area contributed by atoms with E-state index in [4.69, 9.17) is 4.98 Å². The van der Waals surface area contributed by atoms with Crippen LogP contribution in [0.15, 0.2) is 60.7 Å². The van der Waals surface area contributed by atoms with Gasteiger partial charge in [-0.1, -0.05) is 42.5 Å². The van der Waals surface area contributed by atoms with Crippen molar-refractivity contribution in [1.82, 2.24) is 20.1 Å². The summed E-state index contributed by atoms with van der Waals surface area (Å²) in [4.78, 5) is 18.2. The topological polar surface area (TPSA) is 93.9 Å². The quantitative estimate of drug-likeness (QED) is 0.441. The molecule has 7 nitrogen and oxygen atoms in total. The summed E-state index contributed by atoms with van der Waals surface area (Å²) < 4.78 is 39.1. The lowest BCUT2D eigenvalue weighted by Gasteiger charge is -2.12. The molecule has 1 saturated heterocycles. The van der Waals surface area contributed by atoms with Crippen molar-refractivity contribution in [2.75, 3.05) is 18.1 Å². The van der Waals surface area contributed by atoms with E-state index in [9.17, 15) is 17.6 Å². The minimum absolute atomic E-state index is 0.0136. The van der Waals surface area contributed by atoms with Gasteiger partial charge in [-0.2, -0.15) is 5.10 Å². The molecule has 5 rings (SSSR count). The molecule has 180 valence electrons. The zero-order chi connectivity index (χ0) is 24.6. The molecule has 1 amide bonds. The van der Waals surface area contributed by atoms with Gasteiger partial charge in [0.2, 0.25) is 0 Å². The number of aromatic nitrogens is 3. The summed E-state index contributed by atoms with van der Waals surface area (Å²) in [6, 6.07) is 17.2. The van der Waals surface area contributed by atoms with Crippen molar-refractivity contribution in [2.24, 2.45) is 0 Å². The van der Waals surface area contributed by atoms with Crippen molar-refractivity contribution < 1.29 is 17.6 Å². The van der Waals surface area contributed by atoms with E-state index in [2.05, 4.69) is 10.4 Å². The van der Waals surface area contributed by atoms with Crippen LogP contribution >= 0.6 is 0 Å². The second-order valence-electron chi connectivity index (χ2n) is 8.84. The van der Waals surface area contributed by atoms with Crippen LogP contribution in [0, 0.1) is 12.7 Å². The molecule has 1 atom stereocenters. The van der Waals surface area contributed by atoms with E-state index in [1.165, 1.54) is 12.1 Å². The third-order valence-electron chi connectivity index (χ3n) is 6.32. The molecular formula is C26H25FN4O3S. The Hall–Kier alpha value is -3.59. The van der Waals surface area contributed by atoms with E-state index in [1.807, 2.05) is 30.3 Å². The number of carbonyl (C=O) groups excluding carboxylic acids is 1. The number of benzene rings is 2. The Balaban J connectivity index is 1.52. The number of nitrogens with one attached hydrogen (secondary N) is 1. The molecule has 2 aromatic heterocycles. The van der Waals surface area contributed by atoms with Gasteiger partial charge in [-0.3, -0.25) is 4.79 Å². The van der Waals surface area contributed by atoms with Gasteiger partial charge < -0.3 is 5.32 Å². The normalized spacial score (nSPS) is 17.0. The summed E-state index contributed by atoms with van der Waals surface area (Å²) >= 11 is 0. The number of nitrogens with zero attached hydrogens (tertiary/aromatic N) is 3. The third kappa shape index (κ3) is 4.81. The first-order valence-electron chi connectivity index (χ1n) is 11.5. The van der Waals surface area contributed by atoms with Gasteiger partial charge in [0, 0.05) is 12.1 Å². The maximum absolute atomic E-state index is 13.3. The van der Waals surface area contributed by atoms with Crippen LogP contribution < -0.4 is 5.32 Å². The van der Waals surface area contributed by atoms with Crippen molar-refractivity contribution in [3.63, 3.8) is 0 Å². The number of carbonyl (C=O) groups is 1. The molecular weight excluding hydrogens is 467 g/mol. The van der Waals surface area contributed by atoms with Crippen LogP contribution in [-0.2, 0) is 16.3 Å². The fourth-order valence-corrected chi connectivity index (χ4v) is 6.23. The molecule has 35 heavy (non-hydrogen) atoms. The van der Waals surface area contributed by atoms with Gasteiger partial charge in [-0.05, 0) is 43.5 Å². The van der Waals surface area contributed by atoms with Gasteiger partial charge in [0.05, 0.1) is 39.9 Å². The Morgan fingerprint density at radius 1 is 1.14 bits per heavy atom. The molecule has 9 heteroatoms. The highest BCUT2D eigenvalue weighted by Crippen LogP contribution is 2.32. The van der Waals surface area contributed by atoms with Crippen molar-refractivity contribution >= 4 is 26.8 Å². The lowest BCUT2D eigenvalue weighted by atomic mass is 10.0. The predicted molar refractivity (Wildman–Crippen MR) is 132 cm³/mol. The minimum atomic E-state index is -3.12. The van der Waals surface area contributed by atoms with Crippen molar-refractivity contribution in [3.05, 3.63) is 83.3 Å². The lowest BCUT2D eigenvalue weighted by molar-refractivity contribution is 0.0955. The maximum atomic E-state index is 13.3. The van der Waals surface area contributed by atoms with E-state index in [0.29, 0.717) is 47.4 Å². The number of pyridine rings is 1. The Morgan fingerprint density at radius 3 is 2.57 bits per heavy atom. The van der Waals surface area contributed by atoms with E-state index in [-0.39, 0.29) is 29.3 Å². The second-order valence-corrected chi connectivity index (χ2v) is 11.1. The van der Waals surface area contributed by atoms with Crippen LogP contribution in [0.1, 0.15) is 34.1 Å². The summed E-state index contributed by atoms with van der Waals surface area (Å²) in [6.45, 7) is 2.18. The zero-order valence-corrected chi connectivity index (χ0v) is 20.1. The van der Waals surface area contributed by atoms with Gasteiger partial charge in [0.1, 0.15) is 5.82 Å². The fraction of sp³-hybridized carbons (Fsp3) is 0.269. The van der Waals surface area contributed by atoms with Crippen LogP contribution in [0.25, 0.3) is 22.3 Å². The molecule has 4 aromatic rings. The molecule has 1 N–H and O–H groups in total. The molecule has 0 unspecified atom stereocenters. The molecule has 0 radical (unpaired) electrons. The van der Waals surface area contributed by atoms with Crippen LogP contribution in [0.2, 0.25) is 0 Å². The second kappa shape index (κ2) is 9.22. The van der Waals surface area contributed by atoms with Gasteiger partial charge in [-0.15, -0.1) is 0 Å². The summed E-state index contributed by atoms with van der Waals surface area (Å²) in [5, 5.41) is 8.20. The fourth-order valence-electron chi connectivity index (χ4n) is 4.54. The van der Waals surface area contributed by atoms with E-state index in [0.717, 1.165) is 11.1 Å². The highest BCUT2D eigenvalue weighted by atomic mass is 32.2. The number of amides is 1. The molecule has 1 aliphatic rings. The average molecular weight is 493 g/mol. The first-order valence-corrected chi connectivity index (χ1v) is 13.3. The van der Waals surface area contributed by atoms with E-state index in [1.54, 1.807) is 29.8 Å². The van der Waals surface area contributed by atoms with Gasteiger partial charge >= 0.3 is 0 Å². The third-order valence-corrected chi connectivity index (χ3v) is 8.07. The molecule has 1 aliphatic heterocycles. The number of sulfone groups is 1. The highest BCUT2D eigenvalue weighted by molar-refractivity contribution is 7.91. The van der Waals surface area contributed by atoms with E-state index < -0.39 is 9.84 Å². The average Bonchev–Trinajstić information content (AvgIpc) is 3.39. The molecule has 0 bridgehead atoms. The molecule has 0 aliphatic carbocycles. The Labute approximate surface area is 202 Å². The Bertz CT molecular complexity index is 1500. The van der Waals surface area contributed by atoms with Crippen molar-refractivity contribution in [3.8, 4) is 11.3 Å². The number of fused-ring (bicyclic) bond motifs is 1. The summed E-state index contributed by atoms with van der Waals surface area (Å²) in [7, 11) is -3.12. The van der Waals surface area contributed by atoms with Crippen molar-refractivity contribution in [2.45, 2.75) is 25.8 Å². The standard InChI is InChI=1S/C26H25FN4O3S/c1-17-24-22(26(32)28-13-11-18-7-9-20(27)10-8-18)15-23(19-5-3-2-4-6-19)29-25(24)31(30-17)21-12-14-35(33,34)16-21/h2-10,15,21H,11-14,16H2,1H3,(H,28,32)/t21-/m0/s1. The van der Waals surface area contributed by atoms with Crippen LogP contribution in [0.4, 0.5) is 4.39 Å². The maximum Gasteiger partial charge on any atom is 0.252 e. The number of hydrogen-bond acceptors (Lipinski definition) is 5. The first-order chi connectivity index (χ1) is 16.8. The summed E-state index contributed by atoms with van der Waals surface area (Å²) in [5.74, 6) is -0.432. The molecule has 2 aromatic carbocycles. The van der Waals surface area contributed by atoms with Crippen molar-refractivity contribution in [1.29, 1.82) is 0 Å². The van der Waals surface area contributed by atoms with Crippen LogP contribution in [0.3, 0.4) is 0 Å². The van der Waals surface area contributed by atoms with Gasteiger partial charge in [0.25, 0.3) is 5.91 Å². The highest BCUT2D eigenvalue weighted by Gasteiger charge is 2.32. The van der Waals surface area contributed by atoms with Crippen LogP contribution in [-0.4, -0.2) is 47.1 Å². The predicted octanol–water partition coefficient (Wildman–Crippen LogP) is 3.88. The zero-order valence-electron chi connectivity index (χ0n) is 19.2.